The summed E-state index contributed by atoms with van der Waals surface area (Å²) in [6.07, 6.45) is 38.6. The van der Waals surface area contributed by atoms with Gasteiger partial charge in [0, 0.05) is 12.8 Å². The average Bonchev–Trinajstić information content (AvgIpc) is 3.29. The fourth-order valence-corrected chi connectivity index (χ4v) is 7.07. The lowest BCUT2D eigenvalue weighted by atomic mass is 9.85. The van der Waals surface area contributed by atoms with E-state index in [1.54, 1.807) is 12.2 Å². The highest BCUT2D eigenvalue weighted by molar-refractivity contribution is 7.47. The van der Waals surface area contributed by atoms with E-state index in [4.69, 9.17) is 18.5 Å². The summed E-state index contributed by atoms with van der Waals surface area (Å²) in [6.45, 7) is 2.96. The summed E-state index contributed by atoms with van der Waals surface area (Å²) < 4.78 is 33.4. The third-order valence-corrected chi connectivity index (χ3v) is 10.9. The molecular weight excluding hydrogens is 868 g/mol. The number of hydrogen-bond donors (Lipinski definition) is 7. The average molecular weight is 947 g/mol. The molecule has 14 nitrogen and oxygen atoms in total. The van der Waals surface area contributed by atoms with Gasteiger partial charge in [0.05, 0.1) is 12.7 Å². The minimum atomic E-state index is -5.17. The Hall–Kier alpha value is -3.79. The minimum absolute atomic E-state index is 0.0572. The van der Waals surface area contributed by atoms with Crippen molar-refractivity contribution in [2.45, 2.75) is 172 Å². The van der Waals surface area contributed by atoms with Crippen molar-refractivity contribution in [1.29, 1.82) is 0 Å². The van der Waals surface area contributed by atoms with Crippen LogP contribution in [0.5, 0.6) is 0 Å². The van der Waals surface area contributed by atoms with E-state index < -0.39 is 81.8 Å². The number of ether oxygens (including phenoxy) is 2. The predicted molar refractivity (Wildman–Crippen MR) is 259 cm³/mol. The summed E-state index contributed by atoms with van der Waals surface area (Å²) in [5.74, 6) is -1.31. The van der Waals surface area contributed by atoms with Crippen LogP contribution in [-0.2, 0) is 32.7 Å². The van der Waals surface area contributed by atoms with Crippen LogP contribution < -0.4 is 0 Å². The van der Waals surface area contributed by atoms with E-state index >= 15 is 0 Å². The molecule has 0 aromatic rings. The third kappa shape index (κ3) is 31.2. The summed E-state index contributed by atoms with van der Waals surface area (Å²) in [7, 11) is -5.17. The molecule has 66 heavy (non-hydrogen) atoms. The Labute approximate surface area is 393 Å². The van der Waals surface area contributed by atoms with Crippen LogP contribution in [0.1, 0.15) is 123 Å². The molecule has 15 heteroatoms. The van der Waals surface area contributed by atoms with Gasteiger partial charge < -0.3 is 45.0 Å². The van der Waals surface area contributed by atoms with E-state index in [1.165, 1.54) is 19.3 Å². The first kappa shape index (κ1) is 60.2. The van der Waals surface area contributed by atoms with Gasteiger partial charge >= 0.3 is 19.8 Å². The van der Waals surface area contributed by atoms with Crippen LogP contribution in [-0.4, -0.2) is 110 Å². The Morgan fingerprint density at radius 3 is 1.64 bits per heavy atom. The van der Waals surface area contributed by atoms with Gasteiger partial charge in [-0.05, 0) is 83.5 Å². The summed E-state index contributed by atoms with van der Waals surface area (Å²) in [5, 5.41) is 60.2. The standard InChI is InChI=1S/C51H79O14P/c1-3-5-7-9-11-12-13-14-15-16-17-18-19-23-26-30-34-38-44(53)62-40-43(41-63-66(60,61)65-51-49(58)47(56)46(55)48(57)50(51)59)64-45(54)39-35-31-27-24-21-20-22-25-29-33-37-42(52)36-32-28-10-8-6-4-2/h6,8,11-12,14-15,17-18,20-21,23,25-29,31-33,37,42-43,46-52,55-59H,3-5,7,9-10,13,16,19,22,24,30,34-36,38-41H2,1-2H3,(H,60,61)/b8-6-,12-11-,15-14-,18-17-,21-20-,26-23-,29-25-,31-27-,32-28-,37-33+/t42?,43-,46?,47-,48+,49-,50-,51?/m1/s1. The zero-order valence-electron chi connectivity index (χ0n) is 39.0. The lowest BCUT2D eigenvalue weighted by Crippen LogP contribution is -2.64. The molecule has 0 spiro atoms. The number of rotatable bonds is 36. The summed E-state index contributed by atoms with van der Waals surface area (Å²) in [4.78, 5) is 35.7. The van der Waals surface area contributed by atoms with Crippen molar-refractivity contribution in [2.75, 3.05) is 13.2 Å². The number of aliphatic hydroxyl groups is 6. The van der Waals surface area contributed by atoms with Gasteiger partial charge in [0.25, 0.3) is 0 Å². The molecule has 0 aromatic heterocycles. The second kappa shape index (κ2) is 39.2. The first-order chi connectivity index (χ1) is 31.8. The van der Waals surface area contributed by atoms with Gasteiger partial charge in [-0.2, -0.15) is 0 Å². The van der Waals surface area contributed by atoms with Gasteiger partial charge in [-0.25, -0.2) is 4.57 Å². The molecule has 9 atom stereocenters. The molecule has 1 saturated carbocycles. The monoisotopic (exact) mass is 947 g/mol. The smallest absolute Gasteiger partial charge is 0.462 e. The van der Waals surface area contributed by atoms with E-state index in [9.17, 15) is 49.7 Å². The van der Waals surface area contributed by atoms with Crippen LogP contribution in [0, 0.1) is 0 Å². The van der Waals surface area contributed by atoms with E-state index in [2.05, 4.69) is 62.5 Å². The number of hydrogen-bond acceptors (Lipinski definition) is 13. The molecule has 372 valence electrons. The lowest BCUT2D eigenvalue weighted by Gasteiger charge is -2.41. The Morgan fingerprint density at radius 1 is 0.561 bits per heavy atom. The maximum Gasteiger partial charge on any atom is 0.472 e. The van der Waals surface area contributed by atoms with Gasteiger partial charge in [0.1, 0.15) is 43.2 Å². The molecule has 7 N–H and O–H groups in total. The molecule has 1 aliphatic carbocycles. The zero-order valence-corrected chi connectivity index (χ0v) is 39.9. The number of carbonyl (C=O) groups is 2. The van der Waals surface area contributed by atoms with E-state index in [1.807, 2.05) is 60.8 Å². The second-order valence-electron chi connectivity index (χ2n) is 15.7. The second-order valence-corrected chi connectivity index (χ2v) is 17.1. The number of esters is 2. The molecule has 0 saturated heterocycles. The topological polar surface area (TPSA) is 230 Å². The number of unbranched alkanes of at least 4 members (excludes halogenated alkanes) is 4. The Morgan fingerprint density at radius 2 is 1.06 bits per heavy atom. The summed E-state index contributed by atoms with van der Waals surface area (Å²) in [5.41, 5.74) is 0. The van der Waals surface area contributed by atoms with Gasteiger partial charge in [-0.15, -0.1) is 0 Å². The highest BCUT2D eigenvalue weighted by Gasteiger charge is 2.51. The van der Waals surface area contributed by atoms with E-state index in [0.717, 1.165) is 38.5 Å². The zero-order chi connectivity index (χ0) is 48.7. The Kier molecular flexibility index (Phi) is 35.8. The van der Waals surface area contributed by atoms with Crippen LogP contribution in [0.2, 0.25) is 0 Å². The first-order valence-electron chi connectivity index (χ1n) is 23.4. The highest BCUT2D eigenvalue weighted by atomic mass is 31.2. The number of aliphatic hydroxyl groups excluding tert-OH is 6. The van der Waals surface area contributed by atoms with Gasteiger partial charge in [0.15, 0.2) is 6.10 Å². The molecule has 0 aromatic carbocycles. The molecule has 1 fully saturated rings. The van der Waals surface area contributed by atoms with Crippen molar-refractivity contribution in [3.8, 4) is 0 Å². The molecule has 0 aliphatic heterocycles. The largest absolute Gasteiger partial charge is 0.472 e. The molecule has 0 amide bonds. The molecule has 4 unspecified atom stereocenters. The van der Waals surface area contributed by atoms with Crippen molar-refractivity contribution < 1.29 is 68.2 Å². The maximum atomic E-state index is 12.8. The van der Waals surface area contributed by atoms with Crippen molar-refractivity contribution in [3.63, 3.8) is 0 Å². The number of allylic oxidation sites excluding steroid dienone is 18. The fraction of sp³-hybridized carbons (Fsp3) is 0.569. The van der Waals surface area contributed by atoms with Crippen molar-refractivity contribution in [1.82, 2.24) is 0 Å². The van der Waals surface area contributed by atoms with Crippen molar-refractivity contribution in [2.24, 2.45) is 0 Å². The SMILES string of the molecule is CC/C=C\C/C=C\CC(O)/C=C/C=C\C/C=C\C/C=C\CCC(=O)O[C@H](COC(=O)CCC/C=C\C/C=C\C/C=C\C/C=C\CCCCC)COP(=O)(O)OC1[C@H](O)[C@H](O)C(O)[C@H](O)[C@H]1O. The van der Waals surface area contributed by atoms with E-state index in [0.29, 0.717) is 38.5 Å². The quantitative estimate of drug-likeness (QED) is 0.0103. The third-order valence-electron chi connectivity index (χ3n) is 9.88. The molecular formula is C51H79O14P. The number of phosphoric acid groups is 1. The van der Waals surface area contributed by atoms with Crippen LogP contribution in [0.3, 0.4) is 0 Å². The number of carbonyl (C=O) groups excluding carboxylic acids is 2. The normalized spacial score (nSPS) is 22.9. The van der Waals surface area contributed by atoms with Crippen LogP contribution in [0.15, 0.2) is 122 Å². The van der Waals surface area contributed by atoms with Gasteiger partial charge in [0.2, 0.25) is 0 Å². The van der Waals surface area contributed by atoms with Crippen molar-refractivity contribution in [3.05, 3.63) is 122 Å². The minimum Gasteiger partial charge on any atom is -0.462 e. The van der Waals surface area contributed by atoms with Crippen LogP contribution in [0.4, 0.5) is 0 Å². The number of phosphoric ester groups is 1. The molecule has 0 heterocycles. The first-order valence-corrected chi connectivity index (χ1v) is 24.9. The molecule has 0 radical (unpaired) electrons. The van der Waals surface area contributed by atoms with Crippen LogP contribution in [0.25, 0.3) is 0 Å². The summed E-state index contributed by atoms with van der Waals surface area (Å²) >= 11 is 0. The van der Waals surface area contributed by atoms with Crippen molar-refractivity contribution >= 4 is 19.8 Å². The van der Waals surface area contributed by atoms with Gasteiger partial charge in [-0.1, -0.05) is 148 Å². The van der Waals surface area contributed by atoms with E-state index in [-0.39, 0.29) is 12.8 Å². The van der Waals surface area contributed by atoms with Gasteiger partial charge in [-0.3, -0.25) is 18.6 Å². The lowest BCUT2D eigenvalue weighted by molar-refractivity contribution is -0.220. The summed E-state index contributed by atoms with van der Waals surface area (Å²) in [6, 6.07) is 0. The Bertz CT molecular complexity index is 1630. The van der Waals surface area contributed by atoms with Crippen LogP contribution >= 0.6 is 7.82 Å². The highest BCUT2D eigenvalue weighted by Crippen LogP contribution is 2.47. The Balaban J connectivity index is 2.59. The molecule has 0 bridgehead atoms. The predicted octanol–water partition coefficient (Wildman–Crippen LogP) is 8.36. The fourth-order valence-electron chi connectivity index (χ4n) is 6.09. The molecule has 1 aliphatic rings. The molecule has 1 rings (SSSR count). The maximum absolute atomic E-state index is 12.8.